The average molecular weight is 560 g/mol. The second kappa shape index (κ2) is 9.53. The van der Waals surface area contributed by atoms with Gasteiger partial charge in [0, 0.05) is 53.0 Å². The standard InChI is InChI=1S/C24H20BrClN4O3S/c1-14-6-15(11-27)7-17(21(32)10-24(2)12-34(33)13-24)16(14)8-20(31)19-9-22(25)29-30(19)23-18(26)4-3-5-28-23/h3-7,9H,8,10,12-13H2,1-2H3. The van der Waals surface area contributed by atoms with Crippen LogP contribution in [0.25, 0.3) is 5.82 Å². The first-order valence-corrected chi connectivity index (χ1v) is 13.1. The molecule has 1 aliphatic heterocycles. The molecule has 34 heavy (non-hydrogen) atoms. The zero-order valence-corrected chi connectivity index (χ0v) is 21.6. The highest BCUT2D eigenvalue weighted by Gasteiger charge is 2.40. The van der Waals surface area contributed by atoms with Gasteiger partial charge in [-0.15, -0.1) is 0 Å². The highest BCUT2D eigenvalue weighted by molar-refractivity contribution is 9.10. The van der Waals surface area contributed by atoms with Crippen LogP contribution in [0.4, 0.5) is 0 Å². The third-order valence-electron chi connectivity index (χ3n) is 5.75. The molecule has 0 atom stereocenters. The number of aromatic nitrogens is 3. The minimum atomic E-state index is -0.894. The minimum Gasteiger partial charge on any atom is -0.294 e. The number of pyridine rings is 1. The monoisotopic (exact) mass is 558 g/mol. The molecule has 0 spiro atoms. The lowest BCUT2D eigenvalue weighted by molar-refractivity contribution is 0.0936. The van der Waals surface area contributed by atoms with Crippen molar-refractivity contribution in [1.29, 1.82) is 5.26 Å². The molecule has 0 aliphatic carbocycles. The summed E-state index contributed by atoms with van der Waals surface area (Å²) < 4.78 is 13.4. The van der Waals surface area contributed by atoms with Crippen LogP contribution in [0.1, 0.15) is 50.9 Å². The Hall–Kier alpha value is -2.67. The quantitative estimate of drug-likeness (QED) is 0.391. The van der Waals surface area contributed by atoms with E-state index in [2.05, 4.69) is 32.1 Å². The first kappa shape index (κ1) is 24.5. The number of hydrogen-bond acceptors (Lipinski definition) is 6. The maximum atomic E-state index is 13.4. The van der Waals surface area contributed by atoms with Crippen molar-refractivity contribution in [3.05, 3.63) is 74.1 Å². The highest BCUT2D eigenvalue weighted by Crippen LogP contribution is 2.35. The van der Waals surface area contributed by atoms with Crippen LogP contribution >= 0.6 is 27.5 Å². The van der Waals surface area contributed by atoms with Gasteiger partial charge in [0.2, 0.25) is 0 Å². The topological polar surface area (TPSA) is 106 Å². The SMILES string of the molecule is Cc1cc(C#N)cc(C(=O)CC2(C)CS(=O)C2)c1CC(=O)c1cc(Br)nn1-c1ncccc1Cl. The number of rotatable bonds is 7. The van der Waals surface area contributed by atoms with Gasteiger partial charge in [-0.25, -0.2) is 9.67 Å². The van der Waals surface area contributed by atoms with Crippen LogP contribution in [-0.2, 0) is 17.2 Å². The Kier molecular flexibility index (Phi) is 6.85. The summed E-state index contributed by atoms with van der Waals surface area (Å²) in [5, 5.41) is 14.1. The molecule has 1 aliphatic rings. The molecule has 0 radical (unpaired) electrons. The number of ketones is 2. The fourth-order valence-corrected chi connectivity index (χ4v) is 6.43. The van der Waals surface area contributed by atoms with Crippen molar-refractivity contribution in [2.45, 2.75) is 26.7 Å². The number of carbonyl (C=O) groups excluding carboxylic acids is 2. The molecule has 3 heterocycles. The number of benzene rings is 1. The van der Waals surface area contributed by atoms with Crippen LogP contribution in [-0.4, -0.2) is 42.0 Å². The fourth-order valence-electron chi connectivity index (χ4n) is 4.18. The smallest absolute Gasteiger partial charge is 0.185 e. The lowest BCUT2D eigenvalue weighted by atomic mass is 9.83. The van der Waals surface area contributed by atoms with E-state index < -0.39 is 10.8 Å². The van der Waals surface area contributed by atoms with Crippen molar-refractivity contribution in [3.8, 4) is 11.9 Å². The molecular formula is C24H20BrClN4O3S. The molecule has 7 nitrogen and oxygen atoms in total. The Morgan fingerprint density at radius 2 is 2.03 bits per heavy atom. The molecule has 0 unspecified atom stereocenters. The largest absolute Gasteiger partial charge is 0.294 e. The third kappa shape index (κ3) is 4.90. The molecular weight excluding hydrogens is 540 g/mol. The van der Waals surface area contributed by atoms with Gasteiger partial charge in [0.05, 0.1) is 16.7 Å². The Morgan fingerprint density at radius 3 is 2.68 bits per heavy atom. The Balaban J connectivity index is 1.71. The number of halogens is 2. The summed E-state index contributed by atoms with van der Waals surface area (Å²) in [4.78, 5) is 31.0. The number of aryl methyl sites for hydroxylation is 1. The van der Waals surface area contributed by atoms with Gasteiger partial charge in [-0.1, -0.05) is 18.5 Å². The molecule has 1 saturated heterocycles. The summed E-state index contributed by atoms with van der Waals surface area (Å²) in [7, 11) is -0.894. The molecule has 0 amide bonds. The second-order valence-corrected chi connectivity index (χ2v) is 11.4. The van der Waals surface area contributed by atoms with Crippen LogP contribution in [0.3, 0.4) is 0 Å². The third-order valence-corrected chi connectivity index (χ3v) is 8.47. The molecule has 3 aromatic rings. The molecule has 0 N–H and O–H groups in total. The van der Waals surface area contributed by atoms with Gasteiger partial charge in [0.15, 0.2) is 17.4 Å². The first-order chi connectivity index (χ1) is 16.1. The van der Waals surface area contributed by atoms with E-state index in [4.69, 9.17) is 11.6 Å². The predicted molar refractivity (Wildman–Crippen MR) is 133 cm³/mol. The number of hydrogen-bond donors (Lipinski definition) is 0. The van der Waals surface area contributed by atoms with Crippen molar-refractivity contribution in [3.63, 3.8) is 0 Å². The molecule has 2 aromatic heterocycles. The second-order valence-electron chi connectivity index (χ2n) is 8.74. The van der Waals surface area contributed by atoms with Crippen molar-refractivity contribution in [2.24, 2.45) is 5.41 Å². The average Bonchev–Trinajstić information content (AvgIpc) is 3.15. The van der Waals surface area contributed by atoms with E-state index >= 15 is 0 Å². The van der Waals surface area contributed by atoms with Crippen LogP contribution in [0, 0.1) is 23.7 Å². The molecule has 0 bridgehead atoms. The van der Waals surface area contributed by atoms with Gasteiger partial charge >= 0.3 is 0 Å². The van der Waals surface area contributed by atoms with Crippen LogP contribution in [0.2, 0.25) is 5.02 Å². The van der Waals surface area contributed by atoms with Gasteiger partial charge in [0.1, 0.15) is 10.3 Å². The van der Waals surface area contributed by atoms with Crippen LogP contribution < -0.4 is 0 Å². The highest BCUT2D eigenvalue weighted by atomic mass is 79.9. The molecule has 1 aromatic carbocycles. The summed E-state index contributed by atoms with van der Waals surface area (Å²) in [6, 6.07) is 10.2. The maximum absolute atomic E-state index is 13.4. The first-order valence-electron chi connectivity index (χ1n) is 10.4. The molecule has 0 saturated carbocycles. The Labute approximate surface area is 212 Å². The number of nitriles is 1. The zero-order valence-electron chi connectivity index (χ0n) is 18.5. The van der Waals surface area contributed by atoms with E-state index in [0.29, 0.717) is 49.2 Å². The van der Waals surface area contributed by atoms with Gasteiger partial charge in [0.25, 0.3) is 0 Å². The summed E-state index contributed by atoms with van der Waals surface area (Å²) in [6.07, 6.45) is 1.70. The maximum Gasteiger partial charge on any atom is 0.185 e. The zero-order chi connectivity index (χ0) is 24.6. The van der Waals surface area contributed by atoms with Gasteiger partial charge < -0.3 is 0 Å². The van der Waals surface area contributed by atoms with Gasteiger partial charge in [-0.2, -0.15) is 10.4 Å². The van der Waals surface area contributed by atoms with Gasteiger partial charge in [-0.3, -0.25) is 13.8 Å². The minimum absolute atomic E-state index is 0.0656. The van der Waals surface area contributed by atoms with E-state index in [0.717, 1.165) is 0 Å². The predicted octanol–water partition coefficient (Wildman–Crippen LogP) is 4.63. The Morgan fingerprint density at radius 1 is 1.29 bits per heavy atom. The molecule has 4 rings (SSSR count). The lowest BCUT2D eigenvalue weighted by Gasteiger charge is -2.36. The summed E-state index contributed by atoms with van der Waals surface area (Å²) in [6.45, 7) is 3.72. The van der Waals surface area contributed by atoms with Crippen molar-refractivity contribution in [2.75, 3.05) is 11.5 Å². The summed E-state index contributed by atoms with van der Waals surface area (Å²) in [5.74, 6) is 0.823. The van der Waals surface area contributed by atoms with Crippen molar-refractivity contribution >= 4 is 49.9 Å². The van der Waals surface area contributed by atoms with Crippen LogP contribution in [0.5, 0.6) is 0 Å². The molecule has 174 valence electrons. The van der Waals surface area contributed by atoms with Crippen molar-refractivity contribution in [1.82, 2.24) is 14.8 Å². The van der Waals surface area contributed by atoms with E-state index in [1.165, 1.54) is 4.68 Å². The molecule has 10 heteroatoms. The number of Topliss-reactive ketones (excluding diaryl/α,β-unsaturated/α-hetero) is 2. The normalized spacial score (nSPS) is 19.3. The van der Waals surface area contributed by atoms with Crippen molar-refractivity contribution < 1.29 is 13.8 Å². The number of carbonyl (C=O) groups is 2. The lowest BCUT2D eigenvalue weighted by Crippen LogP contribution is -2.43. The van der Waals surface area contributed by atoms with Gasteiger partial charge in [-0.05, 0) is 63.7 Å². The van der Waals surface area contributed by atoms with E-state index in [1.54, 1.807) is 43.5 Å². The Bertz CT molecular complexity index is 1390. The van der Waals surface area contributed by atoms with Crippen LogP contribution in [0.15, 0.2) is 41.1 Å². The van der Waals surface area contributed by atoms with E-state index in [9.17, 15) is 19.1 Å². The fraction of sp³-hybridized carbons (Fsp3) is 0.292. The summed E-state index contributed by atoms with van der Waals surface area (Å²) in [5.41, 5.74) is 1.88. The molecule has 1 fully saturated rings. The summed E-state index contributed by atoms with van der Waals surface area (Å²) >= 11 is 9.59. The number of nitrogens with zero attached hydrogens (tertiary/aromatic N) is 4. The van der Waals surface area contributed by atoms with E-state index in [1.807, 2.05) is 6.92 Å². The van der Waals surface area contributed by atoms with E-state index in [-0.39, 0.29) is 35.5 Å².